The quantitative estimate of drug-likeness (QED) is 0.254. The maximum atomic E-state index is 13.9. The van der Waals surface area contributed by atoms with Crippen molar-refractivity contribution in [2.45, 2.75) is 57.6 Å². The maximum Gasteiger partial charge on any atom is 0.419 e. The minimum absolute atomic E-state index is 0.0372. The van der Waals surface area contributed by atoms with Gasteiger partial charge in [0.05, 0.1) is 11.1 Å². The molecule has 3 aromatic rings. The highest BCUT2D eigenvalue weighted by Gasteiger charge is 2.36. The molecule has 1 fully saturated rings. The molecule has 0 bridgehead atoms. The summed E-state index contributed by atoms with van der Waals surface area (Å²) in [6, 6.07) is 7.18. The van der Waals surface area contributed by atoms with Crippen molar-refractivity contribution in [2.75, 3.05) is 13.2 Å². The van der Waals surface area contributed by atoms with E-state index in [1.165, 1.54) is 30.4 Å². The predicted molar refractivity (Wildman–Crippen MR) is 148 cm³/mol. The number of alkyl halides is 6. The number of hydrogen-bond acceptors (Lipinski definition) is 7. The zero-order chi connectivity index (χ0) is 32.3. The average Bonchev–Trinajstić information content (AvgIpc) is 3.59. The van der Waals surface area contributed by atoms with Gasteiger partial charge in [-0.1, -0.05) is 29.9 Å². The fourth-order valence-corrected chi connectivity index (χ4v) is 4.45. The third-order valence-electron chi connectivity index (χ3n) is 6.40. The summed E-state index contributed by atoms with van der Waals surface area (Å²) < 4.78 is 95.9. The molecule has 1 atom stereocenters. The third kappa shape index (κ3) is 8.32. The highest BCUT2D eigenvalue weighted by Crippen LogP contribution is 2.39. The summed E-state index contributed by atoms with van der Waals surface area (Å²) in [5.74, 6) is -0.119. The van der Waals surface area contributed by atoms with E-state index in [2.05, 4.69) is 22.0 Å². The van der Waals surface area contributed by atoms with E-state index in [0.717, 1.165) is 30.7 Å². The van der Waals surface area contributed by atoms with E-state index in [-0.39, 0.29) is 29.7 Å². The molecule has 14 heteroatoms. The van der Waals surface area contributed by atoms with Crippen LogP contribution in [0.25, 0.3) is 17.5 Å². The smallest absolute Gasteiger partial charge is 0.419 e. The lowest BCUT2D eigenvalue weighted by Gasteiger charge is -2.27. The number of halogens is 6. The van der Waals surface area contributed by atoms with Crippen molar-refractivity contribution < 1.29 is 45.1 Å². The lowest BCUT2D eigenvalue weighted by Crippen LogP contribution is -2.37. The fourth-order valence-electron chi connectivity index (χ4n) is 4.45. The Morgan fingerprint density at radius 2 is 1.80 bits per heavy atom. The molecule has 2 heterocycles. The van der Waals surface area contributed by atoms with Gasteiger partial charge >= 0.3 is 18.4 Å². The minimum Gasteiger partial charge on any atom is -0.489 e. The van der Waals surface area contributed by atoms with Gasteiger partial charge in [0.2, 0.25) is 11.7 Å². The normalized spacial score (nSPS) is 15.9. The highest BCUT2D eigenvalue weighted by atomic mass is 19.4. The number of rotatable bonds is 8. The number of nitrogens with zero attached hydrogens (tertiary/aromatic N) is 3. The van der Waals surface area contributed by atoms with E-state index in [1.807, 2.05) is 0 Å². The standard InChI is InChI=1S/C30H30F6N4O4/c1-18(37-27(41)43-28(2,3)4)40-15-5-8-23(40)26-38-25(39-44-26)20-11-14-24(22(17-20)30(34,35)36)42-16-6-7-19-9-12-21(13-10-19)29(31,32)33/h6-7,9-14,17,23H,1,5,8,15-16H2,2-4H3,(H,37,41)/b7-6+/t23-/m0/s1. The van der Waals surface area contributed by atoms with Crippen molar-refractivity contribution in [3.05, 3.63) is 83.5 Å². The molecule has 0 spiro atoms. The molecule has 0 aliphatic carbocycles. The number of amides is 1. The number of aromatic nitrogens is 2. The van der Waals surface area contributed by atoms with Crippen LogP contribution in [0.5, 0.6) is 5.75 Å². The molecule has 2 aromatic carbocycles. The topological polar surface area (TPSA) is 89.7 Å². The summed E-state index contributed by atoms with van der Waals surface area (Å²) in [5.41, 5.74) is -2.13. The molecule has 1 aromatic heterocycles. The highest BCUT2D eigenvalue weighted by molar-refractivity contribution is 5.69. The van der Waals surface area contributed by atoms with Gasteiger partial charge in [0.1, 0.15) is 29.8 Å². The Labute approximate surface area is 249 Å². The third-order valence-corrected chi connectivity index (χ3v) is 6.40. The molecule has 4 rings (SSSR count). The Hall–Kier alpha value is -4.49. The Bertz CT molecular complexity index is 1510. The van der Waals surface area contributed by atoms with Crippen molar-refractivity contribution in [2.24, 2.45) is 0 Å². The molecule has 1 aliphatic heterocycles. The molecule has 44 heavy (non-hydrogen) atoms. The van der Waals surface area contributed by atoms with Gasteiger partial charge in [-0.2, -0.15) is 31.3 Å². The molecule has 1 aliphatic rings. The zero-order valence-electron chi connectivity index (χ0n) is 24.1. The van der Waals surface area contributed by atoms with Crippen molar-refractivity contribution in [3.63, 3.8) is 0 Å². The molecule has 1 N–H and O–H groups in total. The largest absolute Gasteiger partial charge is 0.489 e. The number of ether oxygens (including phenoxy) is 2. The van der Waals surface area contributed by atoms with Crippen LogP contribution in [0.3, 0.4) is 0 Å². The Morgan fingerprint density at radius 1 is 1.09 bits per heavy atom. The van der Waals surface area contributed by atoms with Crippen molar-refractivity contribution in [1.82, 2.24) is 20.4 Å². The van der Waals surface area contributed by atoms with Crippen molar-refractivity contribution in [3.8, 4) is 17.1 Å². The van der Waals surface area contributed by atoms with E-state index in [9.17, 15) is 31.1 Å². The van der Waals surface area contributed by atoms with E-state index in [4.69, 9.17) is 14.0 Å². The number of hydrogen-bond donors (Lipinski definition) is 1. The van der Waals surface area contributed by atoms with Gasteiger partial charge in [0.25, 0.3) is 0 Å². The molecule has 1 saturated heterocycles. The van der Waals surface area contributed by atoms with Gasteiger partial charge in [-0.3, -0.25) is 5.32 Å². The van der Waals surface area contributed by atoms with Crippen LogP contribution in [0.4, 0.5) is 31.1 Å². The molecule has 0 saturated carbocycles. The van der Waals surface area contributed by atoms with Crippen LogP contribution in [0, 0.1) is 0 Å². The molecular weight excluding hydrogens is 594 g/mol. The Kier molecular flexibility index (Phi) is 9.30. The second-order valence-electron chi connectivity index (χ2n) is 10.9. The maximum absolute atomic E-state index is 13.9. The first-order chi connectivity index (χ1) is 20.5. The van der Waals surface area contributed by atoms with Crippen molar-refractivity contribution >= 4 is 12.2 Å². The van der Waals surface area contributed by atoms with Gasteiger partial charge in [-0.25, -0.2) is 4.79 Å². The first-order valence-electron chi connectivity index (χ1n) is 13.5. The summed E-state index contributed by atoms with van der Waals surface area (Å²) in [5, 5.41) is 6.45. The van der Waals surface area contributed by atoms with Gasteiger partial charge in [-0.05, 0) is 75.6 Å². The van der Waals surface area contributed by atoms with E-state index in [0.29, 0.717) is 18.5 Å². The van der Waals surface area contributed by atoms with Crippen LogP contribution in [0.2, 0.25) is 0 Å². The molecule has 1 amide bonds. The van der Waals surface area contributed by atoms with E-state index >= 15 is 0 Å². The number of alkyl carbamates (subject to hydrolysis) is 1. The molecular formula is C30H30F6N4O4. The number of benzene rings is 2. The Morgan fingerprint density at radius 3 is 2.43 bits per heavy atom. The van der Waals surface area contributed by atoms with Gasteiger partial charge in [-0.15, -0.1) is 0 Å². The first-order valence-corrected chi connectivity index (χ1v) is 13.5. The number of nitrogens with one attached hydrogen (secondary N) is 1. The lowest BCUT2D eigenvalue weighted by molar-refractivity contribution is -0.139. The lowest BCUT2D eigenvalue weighted by atomic mass is 10.1. The molecule has 236 valence electrons. The predicted octanol–water partition coefficient (Wildman–Crippen LogP) is 8.00. The molecule has 0 unspecified atom stereocenters. The fraction of sp³-hybridized carbons (Fsp3) is 0.367. The van der Waals surface area contributed by atoms with E-state index < -0.39 is 47.0 Å². The van der Waals surface area contributed by atoms with Gasteiger partial charge in [0.15, 0.2) is 0 Å². The summed E-state index contributed by atoms with van der Waals surface area (Å²) in [7, 11) is 0. The monoisotopic (exact) mass is 624 g/mol. The Balaban J connectivity index is 1.45. The second kappa shape index (κ2) is 12.6. The molecule has 8 nitrogen and oxygen atoms in total. The van der Waals surface area contributed by atoms with Crippen LogP contribution < -0.4 is 10.1 Å². The first kappa shape index (κ1) is 32.4. The van der Waals surface area contributed by atoms with Crippen LogP contribution in [0.15, 0.2) is 65.5 Å². The van der Waals surface area contributed by atoms with Gasteiger partial charge in [0, 0.05) is 12.1 Å². The summed E-state index contributed by atoms with van der Waals surface area (Å²) in [6.45, 7) is 9.32. The zero-order valence-corrected chi connectivity index (χ0v) is 24.1. The summed E-state index contributed by atoms with van der Waals surface area (Å²) >= 11 is 0. The van der Waals surface area contributed by atoms with Crippen LogP contribution in [-0.2, 0) is 17.1 Å². The SMILES string of the molecule is C=C(NC(=O)OC(C)(C)C)N1CCC[C@H]1c1nc(-c2ccc(OC/C=C/c3ccc(C(F)(F)F)cc3)c(C(F)(F)F)c2)no1. The minimum atomic E-state index is -4.78. The van der Waals surface area contributed by atoms with Crippen LogP contribution in [-0.4, -0.2) is 39.9 Å². The number of likely N-dealkylation sites (tertiary alicyclic amines) is 1. The summed E-state index contributed by atoms with van der Waals surface area (Å²) in [6.07, 6.45) is -5.81. The van der Waals surface area contributed by atoms with E-state index in [1.54, 1.807) is 25.7 Å². The second-order valence-corrected chi connectivity index (χ2v) is 10.9. The summed E-state index contributed by atoms with van der Waals surface area (Å²) in [4.78, 5) is 18.2. The molecule has 0 radical (unpaired) electrons. The van der Waals surface area contributed by atoms with Crippen molar-refractivity contribution in [1.29, 1.82) is 0 Å². The van der Waals surface area contributed by atoms with Gasteiger partial charge < -0.3 is 18.9 Å². The average molecular weight is 625 g/mol. The number of carbonyl (C=O) groups is 1. The number of carbonyl (C=O) groups excluding carboxylic acids is 1. The van der Waals surface area contributed by atoms with Crippen LogP contribution >= 0.6 is 0 Å². The van der Waals surface area contributed by atoms with Crippen LogP contribution in [0.1, 0.15) is 62.2 Å².